The van der Waals surface area contributed by atoms with Crippen molar-refractivity contribution in [2.75, 3.05) is 25.6 Å². The molecule has 0 radical (unpaired) electrons. The van der Waals surface area contributed by atoms with Gasteiger partial charge >= 0.3 is 0 Å². The predicted molar refractivity (Wildman–Crippen MR) is 148 cm³/mol. The molecule has 5 atom stereocenters. The number of hydrogen-bond donors (Lipinski definition) is 2. The van der Waals surface area contributed by atoms with E-state index in [0.29, 0.717) is 11.4 Å². The quantitative estimate of drug-likeness (QED) is 0.466. The summed E-state index contributed by atoms with van der Waals surface area (Å²) >= 11 is 0. The number of hydrogen-bond acceptors (Lipinski definition) is 6. The maximum atomic E-state index is 13.9. The number of nitrogens with one attached hydrogen (secondary N) is 2. The number of rotatable bonds is 9. The van der Waals surface area contributed by atoms with E-state index in [4.69, 9.17) is 14.2 Å². The Morgan fingerprint density at radius 1 is 1.00 bits per heavy atom. The molecule has 2 bridgehead atoms. The predicted octanol–water partition coefficient (Wildman–Crippen LogP) is 3.66. The summed E-state index contributed by atoms with van der Waals surface area (Å²) in [5.41, 5.74) is -0.594. The smallest absolute Gasteiger partial charge is 0.246 e. The summed E-state index contributed by atoms with van der Waals surface area (Å²) in [6, 6.07) is 15.8. The zero-order valence-corrected chi connectivity index (χ0v) is 22.6. The van der Waals surface area contributed by atoms with Crippen molar-refractivity contribution in [3.05, 3.63) is 66.7 Å². The monoisotopic (exact) mass is 545 g/mol. The molecule has 1 spiro atoms. The number of fused-ring (bicyclic) bond motifs is 1. The summed E-state index contributed by atoms with van der Waals surface area (Å²) in [5.74, 6) is -0.973. The van der Waals surface area contributed by atoms with Gasteiger partial charge in [-0.05, 0) is 49.2 Å². The third-order valence-electron chi connectivity index (χ3n) is 8.51. The van der Waals surface area contributed by atoms with Crippen LogP contribution in [0.4, 0.5) is 5.69 Å². The van der Waals surface area contributed by atoms with E-state index >= 15 is 0 Å². The van der Waals surface area contributed by atoms with Gasteiger partial charge in [-0.2, -0.15) is 0 Å². The maximum Gasteiger partial charge on any atom is 0.246 e. The van der Waals surface area contributed by atoms with Gasteiger partial charge in [0.15, 0.2) is 0 Å². The Morgan fingerprint density at radius 3 is 2.45 bits per heavy atom. The molecule has 3 aliphatic heterocycles. The van der Waals surface area contributed by atoms with Gasteiger partial charge in [0, 0.05) is 25.4 Å². The van der Waals surface area contributed by atoms with Gasteiger partial charge in [0.2, 0.25) is 17.7 Å². The van der Waals surface area contributed by atoms with E-state index in [-0.39, 0.29) is 36.9 Å². The van der Waals surface area contributed by atoms with E-state index < -0.39 is 29.6 Å². The fourth-order valence-electron chi connectivity index (χ4n) is 6.68. The number of likely N-dealkylation sites (tertiary alicyclic amines) is 1. The Morgan fingerprint density at radius 2 is 1.73 bits per heavy atom. The van der Waals surface area contributed by atoms with Crippen LogP contribution in [0.1, 0.15) is 32.1 Å². The highest BCUT2D eigenvalue weighted by Crippen LogP contribution is 2.55. The molecule has 3 amide bonds. The Balaban J connectivity index is 1.20. The van der Waals surface area contributed by atoms with Gasteiger partial charge in [-0.15, -0.1) is 0 Å². The standard InChI is InChI=1S/C31H35N3O6/c1-38-19-18-34-27(29(36)33-20-8-4-2-5-9-20)31-17-16-24(40-31)25(26(31)30(34)37)28(35)32-21-12-14-23(15-13-21)39-22-10-6-3-7-11-22/h3,6-7,10-17,20,24-27H,2,4-5,8-9,18-19H2,1H3,(H,32,35)(H,33,36). The fourth-order valence-corrected chi connectivity index (χ4v) is 6.68. The average molecular weight is 546 g/mol. The second kappa shape index (κ2) is 11.1. The Hall–Kier alpha value is -3.69. The third-order valence-corrected chi connectivity index (χ3v) is 8.51. The number of benzene rings is 2. The van der Waals surface area contributed by atoms with Crippen LogP contribution in [-0.4, -0.2) is 66.7 Å². The third kappa shape index (κ3) is 4.77. The summed E-state index contributed by atoms with van der Waals surface area (Å²) < 4.78 is 17.5. The van der Waals surface area contributed by atoms with E-state index in [2.05, 4.69) is 10.6 Å². The van der Waals surface area contributed by atoms with Crippen molar-refractivity contribution < 1.29 is 28.6 Å². The number of amides is 3. The Labute approximate surface area is 233 Å². The van der Waals surface area contributed by atoms with Crippen LogP contribution < -0.4 is 15.4 Å². The lowest BCUT2D eigenvalue weighted by Gasteiger charge is -2.34. The number of para-hydroxylation sites is 1. The molecular weight excluding hydrogens is 510 g/mol. The topological polar surface area (TPSA) is 106 Å². The first-order valence-corrected chi connectivity index (χ1v) is 14.1. The molecule has 2 aromatic carbocycles. The number of nitrogens with zero attached hydrogens (tertiary/aromatic N) is 1. The van der Waals surface area contributed by atoms with Gasteiger partial charge in [0.1, 0.15) is 23.1 Å². The molecule has 5 unspecified atom stereocenters. The van der Waals surface area contributed by atoms with Gasteiger partial charge < -0.3 is 29.7 Å². The van der Waals surface area contributed by atoms with Crippen LogP contribution in [0.25, 0.3) is 0 Å². The van der Waals surface area contributed by atoms with Crippen molar-refractivity contribution in [2.45, 2.75) is 55.9 Å². The number of carbonyl (C=O) groups is 3. The highest BCUT2D eigenvalue weighted by atomic mass is 16.5. The molecule has 40 heavy (non-hydrogen) atoms. The normalized spacial score (nSPS) is 28.9. The zero-order chi connectivity index (χ0) is 27.7. The molecule has 2 aromatic rings. The fraction of sp³-hybridized carbons (Fsp3) is 0.452. The number of ether oxygens (including phenoxy) is 3. The molecule has 9 heteroatoms. The molecule has 1 aliphatic carbocycles. The molecule has 210 valence electrons. The average Bonchev–Trinajstić information content (AvgIpc) is 3.61. The molecule has 0 aromatic heterocycles. The van der Waals surface area contributed by atoms with Crippen molar-refractivity contribution in [1.82, 2.24) is 10.2 Å². The summed E-state index contributed by atoms with van der Waals surface area (Å²) in [7, 11) is 1.56. The van der Waals surface area contributed by atoms with Crippen LogP contribution in [0.3, 0.4) is 0 Å². The first-order chi connectivity index (χ1) is 19.5. The van der Waals surface area contributed by atoms with Crippen LogP contribution in [0.5, 0.6) is 11.5 Å². The van der Waals surface area contributed by atoms with Gasteiger partial charge in [0.05, 0.1) is 24.5 Å². The molecule has 3 fully saturated rings. The number of carbonyl (C=O) groups excluding carboxylic acids is 3. The molecule has 9 nitrogen and oxygen atoms in total. The van der Waals surface area contributed by atoms with Crippen molar-refractivity contribution in [3.63, 3.8) is 0 Å². The largest absolute Gasteiger partial charge is 0.457 e. The Bertz CT molecular complexity index is 1280. The Kier molecular flexibility index (Phi) is 7.33. The van der Waals surface area contributed by atoms with Crippen LogP contribution in [-0.2, 0) is 23.9 Å². The highest BCUT2D eigenvalue weighted by molar-refractivity contribution is 6.02. The maximum absolute atomic E-state index is 13.9. The molecule has 4 aliphatic rings. The lowest BCUT2D eigenvalue weighted by atomic mass is 9.74. The SMILES string of the molecule is COCCN1C(=O)C2C(C(=O)Nc3ccc(Oc4ccccc4)cc3)C3C=CC2(O3)C1C(=O)NC1CCCCC1. The van der Waals surface area contributed by atoms with E-state index in [1.807, 2.05) is 42.5 Å². The van der Waals surface area contributed by atoms with E-state index in [1.165, 1.54) is 6.42 Å². The minimum Gasteiger partial charge on any atom is -0.457 e. The first kappa shape index (κ1) is 26.5. The van der Waals surface area contributed by atoms with Crippen LogP contribution in [0.15, 0.2) is 66.7 Å². The van der Waals surface area contributed by atoms with E-state index in [9.17, 15) is 14.4 Å². The molecule has 2 N–H and O–H groups in total. The number of methoxy groups -OCH3 is 1. The van der Waals surface area contributed by atoms with Gasteiger partial charge in [0.25, 0.3) is 0 Å². The summed E-state index contributed by atoms with van der Waals surface area (Å²) in [6.07, 6.45) is 8.27. The van der Waals surface area contributed by atoms with Gasteiger partial charge in [-0.25, -0.2) is 0 Å². The van der Waals surface area contributed by atoms with Crippen molar-refractivity contribution >= 4 is 23.4 Å². The van der Waals surface area contributed by atoms with Crippen LogP contribution >= 0.6 is 0 Å². The lowest BCUT2D eigenvalue weighted by molar-refractivity contribution is -0.142. The molecule has 2 saturated heterocycles. The lowest BCUT2D eigenvalue weighted by Crippen LogP contribution is -2.57. The summed E-state index contributed by atoms with van der Waals surface area (Å²) in [4.78, 5) is 42.7. The van der Waals surface area contributed by atoms with Crippen LogP contribution in [0.2, 0.25) is 0 Å². The van der Waals surface area contributed by atoms with E-state index in [1.54, 1.807) is 36.3 Å². The van der Waals surface area contributed by atoms with Crippen molar-refractivity contribution in [3.8, 4) is 11.5 Å². The number of anilines is 1. The highest BCUT2D eigenvalue weighted by Gasteiger charge is 2.72. The second-order valence-corrected chi connectivity index (χ2v) is 11.0. The second-order valence-electron chi connectivity index (χ2n) is 11.0. The van der Waals surface area contributed by atoms with Crippen molar-refractivity contribution in [2.24, 2.45) is 11.8 Å². The molecule has 6 rings (SSSR count). The van der Waals surface area contributed by atoms with Gasteiger partial charge in [-0.3, -0.25) is 14.4 Å². The van der Waals surface area contributed by atoms with Gasteiger partial charge in [-0.1, -0.05) is 49.6 Å². The molecular formula is C31H35N3O6. The molecule has 3 heterocycles. The first-order valence-electron chi connectivity index (χ1n) is 14.1. The summed E-state index contributed by atoms with van der Waals surface area (Å²) in [5, 5.41) is 6.14. The van der Waals surface area contributed by atoms with E-state index in [0.717, 1.165) is 31.4 Å². The molecule has 1 saturated carbocycles. The minimum absolute atomic E-state index is 0.0894. The van der Waals surface area contributed by atoms with Crippen LogP contribution in [0, 0.1) is 11.8 Å². The van der Waals surface area contributed by atoms with Crippen molar-refractivity contribution in [1.29, 1.82) is 0 Å². The zero-order valence-electron chi connectivity index (χ0n) is 22.6. The minimum atomic E-state index is -1.18. The summed E-state index contributed by atoms with van der Waals surface area (Å²) in [6.45, 7) is 0.526.